The lowest BCUT2D eigenvalue weighted by Crippen LogP contribution is -2.03. The van der Waals surface area contributed by atoms with Gasteiger partial charge in [0.2, 0.25) is 5.99 Å². The molecule has 0 radical (unpaired) electrons. The van der Waals surface area contributed by atoms with Gasteiger partial charge in [-0.2, -0.15) is 11.6 Å². The molecule has 0 amide bonds. The molecule has 46 valence electrons. The standard InChI is InChI=1S/C6H13BS/c1-5-8-7(4)6(2)3/h5-6H,1H2,2-4H3. The monoisotopic (exact) mass is 128 g/mol. The van der Waals surface area contributed by atoms with E-state index in [1.54, 1.807) is 11.6 Å². The quantitative estimate of drug-likeness (QED) is 0.526. The molecule has 0 bridgehead atoms. The average Bonchev–Trinajstić information content (AvgIpc) is 1.67. The molecule has 0 aliphatic rings. The second-order valence-electron chi connectivity index (χ2n) is 2.25. The third-order valence-electron chi connectivity index (χ3n) is 1.25. The van der Waals surface area contributed by atoms with Crippen molar-refractivity contribution in [2.45, 2.75) is 26.5 Å². The van der Waals surface area contributed by atoms with Gasteiger partial charge >= 0.3 is 0 Å². The Labute approximate surface area is 56.7 Å². The first kappa shape index (κ1) is 8.15. The summed E-state index contributed by atoms with van der Waals surface area (Å²) >= 11 is 1.80. The van der Waals surface area contributed by atoms with E-state index in [9.17, 15) is 0 Å². The van der Waals surface area contributed by atoms with Crippen molar-refractivity contribution in [2.24, 2.45) is 0 Å². The summed E-state index contributed by atoms with van der Waals surface area (Å²) in [5.74, 6) is 1.48. The third kappa shape index (κ3) is 3.19. The van der Waals surface area contributed by atoms with Crippen LogP contribution in [0.5, 0.6) is 0 Å². The highest BCUT2D eigenvalue weighted by molar-refractivity contribution is 8.27. The summed E-state index contributed by atoms with van der Waals surface area (Å²) in [6.07, 6.45) is 0. The zero-order chi connectivity index (χ0) is 6.57. The number of hydrogen-bond donors (Lipinski definition) is 0. The van der Waals surface area contributed by atoms with Crippen LogP contribution in [0.15, 0.2) is 12.0 Å². The molecule has 0 rings (SSSR count). The highest BCUT2D eigenvalue weighted by atomic mass is 32.2. The van der Waals surface area contributed by atoms with Crippen molar-refractivity contribution in [3.63, 3.8) is 0 Å². The molecule has 0 aliphatic heterocycles. The second kappa shape index (κ2) is 4.08. The lowest BCUT2D eigenvalue weighted by atomic mass is 9.67. The molecule has 0 aromatic rings. The van der Waals surface area contributed by atoms with Gasteiger partial charge in [-0.05, 0) is 5.41 Å². The van der Waals surface area contributed by atoms with Gasteiger partial charge in [0.05, 0.1) is 0 Å². The highest BCUT2D eigenvalue weighted by Crippen LogP contribution is 2.18. The van der Waals surface area contributed by atoms with Gasteiger partial charge in [0.1, 0.15) is 0 Å². The van der Waals surface area contributed by atoms with Gasteiger partial charge in [-0.1, -0.05) is 33.1 Å². The van der Waals surface area contributed by atoms with Crippen LogP contribution in [0.3, 0.4) is 0 Å². The fourth-order valence-corrected chi connectivity index (χ4v) is 0.927. The molecule has 0 aromatic carbocycles. The smallest absolute Gasteiger partial charge is 0.184 e. The van der Waals surface area contributed by atoms with Gasteiger partial charge in [-0.15, -0.1) is 0 Å². The van der Waals surface area contributed by atoms with Crippen molar-refractivity contribution in [3.8, 4) is 0 Å². The van der Waals surface area contributed by atoms with Crippen molar-refractivity contribution in [2.75, 3.05) is 0 Å². The molecule has 0 saturated carbocycles. The Morgan fingerprint density at radius 3 is 2.25 bits per heavy atom. The molecule has 0 heterocycles. The van der Waals surface area contributed by atoms with E-state index in [1.807, 2.05) is 5.41 Å². The van der Waals surface area contributed by atoms with Crippen molar-refractivity contribution >= 4 is 17.6 Å². The van der Waals surface area contributed by atoms with Crippen LogP contribution >= 0.6 is 11.6 Å². The van der Waals surface area contributed by atoms with E-state index in [-0.39, 0.29) is 0 Å². The van der Waals surface area contributed by atoms with Crippen LogP contribution in [-0.4, -0.2) is 5.99 Å². The summed E-state index contributed by atoms with van der Waals surface area (Å²) in [6, 6.07) is 0. The SMILES string of the molecule is C=CSB(C)C(C)C. The van der Waals surface area contributed by atoms with E-state index in [0.29, 0.717) is 5.99 Å². The maximum absolute atomic E-state index is 3.65. The van der Waals surface area contributed by atoms with E-state index < -0.39 is 0 Å². The molecule has 0 aromatic heterocycles. The van der Waals surface area contributed by atoms with E-state index in [4.69, 9.17) is 0 Å². The molecule has 0 nitrogen and oxygen atoms in total. The van der Waals surface area contributed by atoms with Gasteiger partial charge in [0.15, 0.2) is 0 Å². The Morgan fingerprint density at radius 1 is 1.62 bits per heavy atom. The molecule has 0 N–H and O–H groups in total. The Kier molecular flexibility index (Phi) is 4.15. The summed E-state index contributed by atoms with van der Waals surface area (Å²) in [7, 11) is 0. The van der Waals surface area contributed by atoms with Crippen LogP contribution in [0.25, 0.3) is 0 Å². The van der Waals surface area contributed by atoms with E-state index in [1.165, 1.54) is 0 Å². The summed E-state index contributed by atoms with van der Waals surface area (Å²) < 4.78 is 0. The van der Waals surface area contributed by atoms with Crippen LogP contribution in [0.4, 0.5) is 0 Å². The number of rotatable bonds is 3. The minimum absolute atomic E-state index is 0.715. The molecule has 0 fully saturated rings. The van der Waals surface area contributed by atoms with Gasteiger partial charge in [0.25, 0.3) is 0 Å². The van der Waals surface area contributed by atoms with Crippen molar-refractivity contribution in [3.05, 3.63) is 12.0 Å². The average molecular weight is 128 g/mol. The highest BCUT2D eigenvalue weighted by Gasteiger charge is 2.08. The first-order valence-corrected chi connectivity index (χ1v) is 3.89. The topological polar surface area (TPSA) is 0 Å². The predicted molar refractivity (Wildman–Crippen MR) is 44.5 cm³/mol. The van der Waals surface area contributed by atoms with E-state index in [0.717, 1.165) is 5.82 Å². The second-order valence-corrected chi connectivity index (χ2v) is 3.60. The molecule has 0 saturated heterocycles. The summed E-state index contributed by atoms with van der Waals surface area (Å²) in [6.45, 7) is 10.3. The number of hydrogen-bond acceptors (Lipinski definition) is 1. The lowest BCUT2D eigenvalue weighted by Gasteiger charge is -2.06. The Balaban J connectivity index is 3.30. The van der Waals surface area contributed by atoms with Crippen molar-refractivity contribution < 1.29 is 0 Å². The summed E-state index contributed by atoms with van der Waals surface area (Å²) in [5.41, 5.74) is 0. The molecule has 0 aliphatic carbocycles. The predicted octanol–water partition coefficient (Wildman–Crippen LogP) is 2.89. The summed E-state index contributed by atoms with van der Waals surface area (Å²) in [5, 5.41) is 1.91. The van der Waals surface area contributed by atoms with Gasteiger partial charge < -0.3 is 0 Å². The van der Waals surface area contributed by atoms with Gasteiger partial charge in [-0.3, -0.25) is 0 Å². The molecule has 8 heavy (non-hydrogen) atoms. The zero-order valence-corrected chi connectivity index (χ0v) is 6.66. The molecule has 0 unspecified atom stereocenters. The fraction of sp³-hybridized carbons (Fsp3) is 0.667. The molecule has 0 spiro atoms. The van der Waals surface area contributed by atoms with Crippen LogP contribution in [0, 0.1) is 0 Å². The third-order valence-corrected chi connectivity index (χ3v) is 2.42. The molecule has 2 heteroatoms. The summed E-state index contributed by atoms with van der Waals surface area (Å²) in [4.78, 5) is 0. The normalized spacial score (nSPS) is 9.50. The van der Waals surface area contributed by atoms with Gasteiger partial charge in [0, 0.05) is 0 Å². The Hall–Kier alpha value is 0.155. The van der Waals surface area contributed by atoms with Gasteiger partial charge in [-0.25, -0.2) is 0 Å². The maximum Gasteiger partial charge on any atom is 0.214 e. The first-order chi connectivity index (χ1) is 3.68. The Bertz CT molecular complexity index is 70.9. The lowest BCUT2D eigenvalue weighted by molar-refractivity contribution is 1.06. The first-order valence-electron chi connectivity index (χ1n) is 2.95. The largest absolute Gasteiger partial charge is 0.214 e. The van der Waals surface area contributed by atoms with E-state index in [2.05, 4.69) is 27.2 Å². The van der Waals surface area contributed by atoms with Crippen LogP contribution < -0.4 is 0 Å². The minimum atomic E-state index is 0.715. The van der Waals surface area contributed by atoms with Crippen molar-refractivity contribution in [1.82, 2.24) is 0 Å². The van der Waals surface area contributed by atoms with Crippen LogP contribution in [0.2, 0.25) is 12.6 Å². The van der Waals surface area contributed by atoms with Crippen LogP contribution in [-0.2, 0) is 0 Å². The van der Waals surface area contributed by atoms with Crippen molar-refractivity contribution in [1.29, 1.82) is 0 Å². The molecular weight excluding hydrogens is 115 g/mol. The molecular formula is C6H13BS. The minimum Gasteiger partial charge on any atom is -0.184 e. The van der Waals surface area contributed by atoms with E-state index >= 15 is 0 Å². The van der Waals surface area contributed by atoms with Crippen LogP contribution in [0.1, 0.15) is 13.8 Å². The molecule has 0 atom stereocenters. The fourth-order valence-electron chi connectivity index (χ4n) is 0.309. The zero-order valence-electron chi connectivity index (χ0n) is 5.85. The maximum atomic E-state index is 3.65. The Morgan fingerprint density at radius 2 is 2.12 bits per heavy atom.